The molecule has 1 fully saturated rings. The van der Waals surface area contributed by atoms with Crippen molar-refractivity contribution in [2.24, 2.45) is 0 Å². The fraction of sp³-hybridized carbons (Fsp3) is 0.115. The molecule has 0 bridgehead atoms. The zero-order valence-electron chi connectivity index (χ0n) is 18.7. The Balaban J connectivity index is 1.72. The number of nitrogens with zero attached hydrogens (tertiary/aromatic N) is 2. The molecule has 7 nitrogen and oxygen atoms in total. The highest BCUT2D eigenvalue weighted by molar-refractivity contribution is 7.22. The third-order valence-electron chi connectivity index (χ3n) is 5.76. The normalized spacial score (nSPS) is 17.2. The Bertz CT molecular complexity index is 1500. The Morgan fingerprint density at radius 2 is 1.74 bits per heavy atom. The number of Topliss-reactive ketones (excluding diaryl/α,β-unsaturated/α-hetero) is 1. The molecule has 2 heterocycles. The molecule has 4 aromatic rings. The van der Waals surface area contributed by atoms with Crippen LogP contribution in [-0.4, -0.2) is 36.0 Å². The van der Waals surface area contributed by atoms with Gasteiger partial charge in [0, 0.05) is 5.56 Å². The van der Waals surface area contributed by atoms with Gasteiger partial charge in [-0.15, -0.1) is 0 Å². The van der Waals surface area contributed by atoms with Gasteiger partial charge in [0.2, 0.25) is 0 Å². The van der Waals surface area contributed by atoms with E-state index in [2.05, 4.69) is 4.98 Å². The predicted molar refractivity (Wildman–Crippen MR) is 130 cm³/mol. The van der Waals surface area contributed by atoms with Crippen LogP contribution in [-0.2, 0) is 9.59 Å². The highest BCUT2D eigenvalue weighted by Crippen LogP contribution is 2.44. The molecule has 35 heavy (non-hydrogen) atoms. The molecule has 0 radical (unpaired) electrons. The number of carbonyl (C=O) groups is 2. The summed E-state index contributed by atoms with van der Waals surface area (Å²) < 4.78 is 24.8. The van der Waals surface area contributed by atoms with Crippen molar-refractivity contribution < 1.29 is 28.6 Å². The van der Waals surface area contributed by atoms with Crippen LogP contribution in [0.15, 0.2) is 72.3 Å². The first kappa shape index (κ1) is 22.5. The van der Waals surface area contributed by atoms with Crippen LogP contribution in [0.3, 0.4) is 0 Å². The number of anilines is 1. The van der Waals surface area contributed by atoms with E-state index in [1.807, 2.05) is 0 Å². The third kappa shape index (κ3) is 3.89. The van der Waals surface area contributed by atoms with Crippen LogP contribution < -0.4 is 14.4 Å². The lowest BCUT2D eigenvalue weighted by molar-refractivity contribution is -0.132. The summed E-state index contributed by atoms with van der Waals surface area (Å²) in [5.74, 6) is -1.38. The van der Waals surface area contributed by atoms with Crippen LogP contribution >= 0.6 is 11.3 Å². The minimum absolute atomic E-state index is 0.0844. The molecule has 1 N–H and O–H groups in total. The van der Waals surface area contributed by atoms with E-state index in [1.54, 1.807) is 48.5 Å². The topological polar surface area (TPSA) is 89.0 Å². The molecular formula is C26H19FN2O5S. The van der Waals surface area contributed by atoms with E-state index in [9.17, 15) is 19.1 Å². The summed E-state index contributed by atoms with van der Waals surface area (Å²) in [6, 6.07) is 16.6. The fourth-order valence-electron chi connectivity index (χ4n) is 4.05. The predicted octanol–water partition coefficient (Wildman–Crippen LogP) is 5.08. The van der Waals surface area contributed by atoms with Gasteiger partial charge < -0.3 is 14.6 Å². The first-order valence-corrected chi connectivity index (χ1v) is 11.4. The third-order valence-corrected chi connectivity index (χ3v) is 6.78. The number of hydrogen-bond acceptors (Lipinski definition) is 7. The van der Waals surface area contributed by atoms with Crippen molar-refractivity contribution >= 4 is 44.1 Å². The van der Waals surface area contributed by atoms with E-state index in [1.165, 1.54) is 37.3 Å². The molecule has 0 spiro atoms. The van der Waals surface area contributed by atoms with Gasteiger partial charge in [-0.2, -0.15) is 0 Å². The van der Waals surface area contributed by atoms with Crippen molar-refractivity contribution in [1.82, 2.24) is 4.98 Å². The van der Waals surface area contributed by atoms with Crippen LogP contribution in [0.4, 0.5) is 9.52 Å². The maximum absolute atomic E-state index is 13.8. The summed E-state index contributed by atoms with van der Waals surface area (Å²) in [6.45, 7) is 0. The van der Waals surface area contributed by atoms with Crippen LogP contribution in [0.25, 0.3) is 16.0 Å². The van der Waals surface area contributed by atoms with Crippen molar-refractivity contribution in [3.8, 4) is 11.5 Å². The number of aliphatic hydroxyl groups is 1. The van der Waals surface area contributed by atoms with E-state index in [-0.39, 0.29) is 16.5 Å². The average molecular weight is 491 g/mol. The van der Waals surface area contributed by atoms with Gasteiger partial charge in [0.05, 0.1) is 36.1 Å². The number of methoxy groups -OCH3 is 2. The summed E-state index contributed by atoms with van der Waals surface area (Å²) in [6.07, 6.45) is 0. The van der Waals surface area contributed by atoms with E-state index in [0.717, 1.165) is 11.3 Å². The van der Waals surface area contributed by atoms with Crippen LogP contribution in [0.2, 0.25) is 0 Å². The largest absolute Gasteiger partial charge is 0.507 e. The number of aliphatic hydroxyl groups excluding tert-OH is 1. The number of rotatable bonds is 5. The number of carbonyl (C=O) groups excluding carboxylic acids is 2. The summed E-state index contributed by atoms with van der Waals surface area (Å²) in [5, 5.41) is 11.5. The number of amides is 1. The van der Waals surface area contributed by atoms with Gasteiger partial charge in [-0.25, -0.2) is 9.37 Å². The molecule has 1 amide bonds. The number of halogens is 1. The zero-order chi connectivity index (χ0) is 24.7. The fourth-order valence-corrected chi connectivity index (χ4v) is 5.06. The molecule has 176 valence electrons. The van der Waals surface area contributed by atoms with E-state index >= 15 is 0 Å². The Hall–Kier alpha value is -4.24. The highest BCUT2D eigenvalue weighted by atomic mass is 32.1. The van der Waals surface area contributed by atoms with Crippen LogP contribution in [0, 0.1) is 5.82 Å². The molecule has 1 aromatic heterocycles. The van der Waals surface area contributed by atoms with Crippen LogP contribution in [0.1, 0.15) is 17.2 Å². The smallest absolute Gasteiger partial charge is 0.301 e. The van der Waals surface area contributed by atoms with Gasteiger partial charge in [-0.3, -0.25) is 14.5 Å². The first-order valence-electron chi connectivity index (χ1n) is 10.6. The average Bonchev–Trinajstić information content (AvgIpc) is 3.41. The molecule has 0 saturated carbocycles. The molecule has 1 aliphatic rings. The summed E-state index contributed by atoms with van der Waals surface area (Å²) in [4.78, 5) is 32.3. The second kappa shape index (κ2) is 8.84. The van der Waals surface area contributed by atoms with Gasteiger partial charge in [0.25, 0.3) is 5.78 Å². The quantitative estimate of drug-likeness (QED) is 0.239. The number of ether oxygens (including phenoxy) is 2. The first-order chi connectivity index (χ1) is 16.9. The van der Waals surface area contributed by atoms with Gasteiger partial charge in [-0.05, 0) is 48.0 Å². The van der Waals surface area contributed by atoms with Crippen LogP contribution in [0.5, 0.6) is 11.5 Å². The standard InChI is InChI=1S/C26H19FN2O5S/c1-33-17-9-6-14(7-10-17)22-21(23(30)15-4-3-5-18(12-15)34-2)24(31)25(32)29(22)26-28-19-11-8-16(27)13-20(19)35-26/h3-13,22,30H,1-2H3/b23-21+. The molecule has 1 atom stereocenters. The molecule has 5 rings (SSSR count). The minimum Gasteiger partial charge on any atom is -0.507 e. The van der Waals surface area contributed by atoms with Gasteiger partial charge in [0.15, 0.2) is 5.13 Å². The lowest BCUT2D eigenvalue weighted by atomic mass is 9.95. The number of aromatic nitrogens is 1. The monoisotopic (exact) mass is 490 g/mol. The van der Waals surface area contributed by atoms with Crippen molar-refractivity contribution in [3.63, 3.8) is 0 Å². The SMILES string of the molecule is COc1ccc(C2/C(=C(\O)c3cccc(OC)c3)C(=O)C(=O)N2c2nc3ccc(F)cc3s2)cc1. The Morgan fingerprint density at radius 3 is 2.46 bits per heavy atom. The Labute approximate surface area is 203 Å². The number of fused-ring (bicyclic) bond motifs is 1. The second-order valence-electron chi connectivity index (χ2n) is 7.78. The summed E-state index contributed by atoms with van der Waals surface area (Å²) in [7, 11) is 3.02. The van der Waals surface area contributed by atoms with Gasteiger partial charge in [0.1, 0.15) is 23.1 Å². The zero-order valence-corrected chi connectivity index (χ0v) is 19.5. The molecule has 9 heteroatoms. The number of thiazole rings is 1. The minimum atomic E-state index is -0.961. The lowest BCUT2D eigenvalue weighted by Gasteiger charge is -2.23. The van der Waals surface area contributed by atoms with Crippen molar-refractivity contribution in [3.05, 3.63) is 89.2 Å². The van der Waals surface area contributed by atoms with Gasteiger partial charge in [-0.1, -0.05) is 35.6 Å². The number of benzene rings is 3. The number of hydrogen-bond donors (Lipinski definition) is 1. The molecular weight excluding hydrogens is 471 g/mol. The summed E-state index contributed by atoms with van der Waals surface area (Å²) >= 11 is 1.09. The van der Waals surface area contributed by atoms with Gasteiger partial charge >= 0.3 is 5.91 Å². The molecule has 3 aromatic carbocycles. The van der Waals surface area contributed by atoms with Crippen molar-refractivity contribution in [2.75, 3.05) is 19.1 Å². The molecule has 0 aliphatic carbocycles. The van der Waals surface area contributed by atoms with Crippen molar-refractivity contribution in [1.29, 1.82) is 0 Å². The maximum Gasteiger partial charge on any atom is 0.301 e. The highest BCUT2D eigenvalue weighted by Gasteiger charge is 2.48. The lowest BCUT2D eigenvalue weighted by Crippen LogP contribution is -2.29. The van der Waals surface area contributed by atoms with E-state index in [0.29, 0.717) is 32.8 Å². The van der Waals surface area contributed by atoms with E-state index < -0.39 is 23.5 Å². The van der Waals surface area contributed by atoms with E-state index in [4.69, 9.17) is 9.47 Å². The molecule has 1 unspecified atom stereocenters. The maximum atomic E-state index is 13.8. The Kier molecular flexibility index (Phi) is 5.70. The summed E-state index contributed by atoms with van der Waals surface area (Å²) in [5.41, 5.74) is 1.31. The second-order valence-corrected chi connectivity index (χ2v) is 8.79. The Morgan fingerprint density at radius 1 is 1.00 bits per heavy atom. The van der Waals surface area contributed by atoms with Crippen molar-refractivity contribution in [2.45, 2.75) is 6.04 Å². The number of ketones is 1. The molecule has 1 aliphatic heterocycles. The molecule has 1 saturated heterocycles.